The Bertz CT molecular complexity index is 837. The first kappa shape index (κ1) is 20.7. The van der Waals surface area contributed by atoms with Gasteiger partial charge in [-0.1, -0.05) is 30.3 Å². The van der Waals surface area contributed by atoms with Crippen molar-refractivity contribution >= 4 is 21.6 Å². The standard InChI is InChI=1S/C19H25N3O4S/c1-14(2)26-17-10-8-16(9-11-17)22-27(24,25)13-19(23)21-12-18(20)15-6-4-3-5-7-15/h3-11,14,18,22H,12-13,20H2,1-2H3,(H,21,23). The number of sulfonamides is 1. The summed E-state index contributed by atoms with van der Waals surface area (Å²) in [5.41, 5.74) is 7.21. The average Bonchev–Trinajstić information content (AvgIpc) is 2.61. The highest BCUT2D eigenvalue weighted by Gasteiger charge is 2.17. The van der Waals surface area contributed by atoms with E-state index in [2.05, 4.69) is 10.0 Å². The molecule has 0 saturated heterocycles. The Balaban J connectivity index is 1.85. The lowest BCUT2D eigenvalue weighted by Crippen LogP contribution is -2.37. The second kappa shape index (κ2) is 9.38. The van der Waals surface area contributed by atoms with Crippen LogP contribution in [0.2, 0.25) is 0 Å². The monoisotopic (exact) mass is 391 g/mol. The number of carbonyl (C=O) groups is 1. The van der Waals surface area contributed by atoms with E-state index in [4.69, 9.17) is 10.5 Å². The molecular formula is C19H25N3O4S. The summed E-state index contributed by atoms with van der Waals surface area (Å²) in [4.78, 5) is 12.0. The zero-order chi connectivity index (χ0) is 19.9. The van der Waals surface area contributed by atoms with Crippen LogP contribution in [-0.2, 0) is 14.8 Å². The Morgan fingerprint density at radius 3 is 2.30 bits per heavy atom. The third kappa shape index (κ3) is 7.28. The molecule has 0 saturated carbocycles. The minimum absolute atomic E-state index is 0.0264. The molecule has 2 aromatic rings. The highest BCUT2D eigenvalue weighted by molar-refractivity contribution is 7.93. The maximum atomic E-state index is 12.2. The summed E-state index contributed by atoms with van der Waals surface area (Å²) in [6.45, 7) is 3.96. The number of benzene rings is 2. The predicted octanol–water partition coefficient (Wildman–Crippen LogP) is 2.03. The van der Waals surface area contributed by atoms with Gasteiger partial charge < -0.3 is 15.8 Å². The van der Waals surface area contributed by atoms with Crippen LogP contribution in [0.1, 0.15) is 25.5 Å². The van der Waals surface area contributed by atoms with Crippen molar-refractivity contribution in [3.63, 3.8) is 0 Å². The van der Waals surface area contributed by atoms with E-state index >= 15 is 0 Å². The van der Waals surface area contributed by atoms with Gasteiger partial charge in [0.25, 0.3) is 0 Å². The Morgan fingerprint density at radius 1 is 1.07 bits per heavy atom. The largest absolute Gasteiger partial charge is 0.491 e. The fraction of sp³-hybridized carbons (Fsp3) is 0.316. The normalized spacial score (nSPS) is 12.4. The highest BCUT2D eigenvalue weighted by atomic mass is 32.2. The first-order valence-corrected chi connectivity index (χ1v) is 10.2. The molecule has 4 N–H and O–H groups in total. The Hall–Kier alpha value is -2.58. The van der Waals surface area contributed by atoms with Crippen molar-refractivity contribution in [3.05, 3.63) is 60.2 Å². The van der Waals surface area contributed by atoms with E-state index in [-0.39, 0.29) is 12.6 Å². The van der Waals surface area contributed by atoms with Gasteiger partial charge in [0.1, 0.15) is 11.5 Å². The van der Waals surface area contributed by atoms with Gasteiger partial charge in [-0.15, -0.1) is 0 Å². The summed E-state index contributed by atoms with van der Waals surface area (Å²) in [5.74, 6) is -0.659. The topological polar surface area (TPSA) is 111 Å². The van der Waals surface area contributed by atoms with Crippen LogP contribution < -0.4 is 20.5 Å². The first-order chi connectivity index (χ1) is 12.7. The molecule has 8 heteroatoms. The number of nitrogens with two attached hydrogens (primary N) is 1. The molecule has 1 atom stereocenters. The lowest BCUT2D eigenvalue weighted by molar-refractivity contribution is -0.118. The zero-order valence-corrected chi connectivity index (χ0v) is 16.2. The van der Waals surface area contributed by atoms with Crippen molar-refractivity contribution in [3.8, 4) is 5.75 Å². The molecule has 0 aliphatic rings. The van der Waals surface area contributed by atoms with Gasteiger partial charge in [-0.2, -0.15) is 0 Å². The maximum Gasteiger partial charge on any atom is 0.241 e. The molecule has 2 aromatic carbocycles. The molecule has 0 bridgehead atoms. The molecule has 0 aliphatic heterocycles. The SMILES string of the molecule is CC(C)Oc1ccc(NS(=O)(=O)CC(=O)NCC(N)c2ccccc2)cc1. The second-order valence-electron chi connectivity index (χ2n) is 6.37. The third-order valence-electron chi connectivity index (χ3n) is 3.57. The number of rotatable bonds is 9. The lowest BCUT2D eigenvalue weighted by atomic mass is 10.1. The van der Waals surface area contributed by atoms with Gasteiger partial charge in [0.2, 0.25) is 15.9 Å². The van der Waals surface area contributed by atoms with E-state index < -0.39 is 27.7 Å². The van der Waals surface area contributed by atoms with Crippen molar-refractivity contribution in [1.82, 2.24) is 5.32 Å². The number of hydrogen-bond acceptors (Lipinski definition) is 5. The number of anilines is 1. The molecule has 146 valence electrons. The van der Waals surface area contributed by atoms with Crippen LogP contribution in [0.3, 0.4) is 0 Å². The number of carbonyl (C=O) groups excluding carboxylic acids is 1. The molecule has 7 nitrogen and oxygen atoms in total. The lowest BCUT2D eigenvalue weighted by Gasteiger charge is -2.14. The first-order valence-electron chi connectivity index (χ1n) is 8.59. The van der Waals surface area contributed by atoms with Crippen LogP contribution in [-0.4, -0.2) is 32.7 Å². The van der Waals surface area contributed by atoms with Gasteiger partial charge in [-0.25, -0.2) is 8.42 Å². The number of amides is 1. The molecular weight excluding hydrogens is 366 g/mol. The molecule has 0 radical (unpaired) electrons. The van der Waals surface area contributed by atoms with Gasteiger partial charge in [-0.3, -0.25) is 9.52 Å². The van der Waals surface area contributed by atoms with Crippen LogP contribution in [0, 0.1) is 0 Å². The Labute approximate surface area is 160 Å². The Morgan fingerprint density at radius 2 is 1.70 bits per heavy atom. The third-order valence-corrected chi connectivity index (χ3v) is 4.76. The summed E-state index contributed by atoms with van der Waals surface area (Å²) >= 11 is 0. The van der Waals surface area contributed by atoms with Gasteiger partial charge in [0.05, 0.1) is 6.10 Å². The van der Waals surface area contributed by atoms with Crippen LogP contribution in [0.4, 0.5) is 5.69 Å². The Kier molecular flexibility index (Phi) is 7.20. The van der Waals surface area contributed by atoms with Crippen molar-refractivity contribution in [2.24, 2.45) is 5.73 Å². The fourth-order valence-corrected chi connectivity index (χ4v) is 3.37. The van der Waals surface area contributed by atoms with Gasteiger partial charge in [0.15, 0.2) is 0 Å². The smallest absolute Gasteiger partial charge is 0.241 e. The van der Waals surface area contributed by atoms with E-state index in [0.717, 1.165) is 5.56 Å². The molecule has 0 aliphatic carbocycles. The number of ether oxygens (including phenoxy) is 1. The maximum absolute atomic E-state index is 12.2. The van der Waals surface area contributed by atoms with Gasteiger partial charge in [-0.05, 0) is 43.7 Å². The fourth-order valence-electron chi connectivity index (χ4n) is 2.35. The van der Waals surface area contributed by atoms with Crippen LogP contribution >= 0.6 is 0 Å². The molecule has 0 spiro atoms. The summed E-state index contributed by atoms with van der Waals surface area (Å²) < 4.78 is 32.2. The van der Waals surface area contributed by atoms with Crippen LogP contribution in [0.5, 0.6) is 5.75 Å². The number of hydrogen-bond donors (Lipinski definition) is 3. The van der Waals surface area contributed by atoms with Crippen LogP contribution in [0.25, 0.3) is 0 Å². The van der Waals surface area contributed by atoms with Gasteiger partial charge >= 0.3 is 0 Å². The average molecular weight is 391 g/mol. The summed E-state index contributed by atoms with van der Waals surface area (Å²) in [5, 5.41) is 2.55. The molecule has 0 fully saturated rings. The molecule has 0 heterocycles. The van der Waals surface area contributed by atoms with Gasteiger partial charge in [0, 0.05) is 18.3 Å². The molecule has 1 amide bonds. The molecule has 27 heavy (non-hydrogen) atoms. The predicted molar refractivity (Wildman–Crippen MR) is 106 cm³/mol. The zero-order valence-electron chi connectivity index (χ0n) is 15.4. The summed E-state index contributed by atoms with van der Waals surface area (Å²) in [6.07, 6.45) is 0.0264. The molecule has 2 rings (SSSR count). The summed E-state index contributed by atoms with van der Waals surface area (Å²) in [7, 11) is -3.83. The van der Waals surface area contributed by atoms with Crippen molar-refractivity contribution < 1.29 is 17.9 Å². The highest BCUT2D eigenvalue weighted by Crippen LogP contribution is 2.18. The second-order valence-corrected chi connectivity index (χ2v) is 8.10. The van der Waals surface area contributed by atoms with E-state index in [9.17, 15) is 13.2 Å². The molecule has 0 aromatic heterocycles. The van der Waals surface area contributed by atoms with E-state index in [1.165, 1.54) is 0 Å². The van der Waals surface area contributed by atoms with E-state index in [1.54, 1.807) is 24.3 Å². The quantitative estimate of drug-likeness (QED) is 0.606. The summed E-state index contributed by atoms with van der Waals surface area (Å²) in [6, 6.07) is 15.4. The minimum Gasteiger partial charge on any atom is -0.491 e. The van der Waals surface area contributed by atoms with Crippen molar-refractivity contribution in [1.29, 1.82) is 0 Å². The van der Waals surface area contributed by atoms with Crippen molar-refractivity contribution in [2.75, 3.05) is 17.0 Å². The van der Waals surface area contributed by atoms with Crippen molar-refractivity contribution in [2.45, 2.75) is 26.0 Å². The minimum atomic E-state index is -3.83. The molecule has 1 unspecified atom stereocenters. The van der Waals surface area contributed by atoms with E-state index in [1.807, 2.05) is 44.2 Å². The van der Waals surface area contributed by atoms with Crippen LogP contribution in [0.15, 0.2) is 54.6 Å². The van der Waals surface area contributed by atoms with E-state index in [0.29, 0.717) is 11.4 Å². The number of nitrogens with one attached hydrogen (secondary N) is 2.